The lowest BCUT2D eigenvalue weighted by Gasteiger charge is -2.41. The fourth-order valence-electron chi connectivity index (χ4n) is 3.65. The number of piperidine rings is 2. The van der Waals surface area contributed by atoms with Crippen molar-refractivity contribution in [3.63, 3.8) is 0 Å². The van der Waals surface area contributed by atoms with Gasteiger partial charge >= 0.3 is 0 Å². The predicted molar refractivity (Wildman–Crippen MR) is 86.8 cm³/mol. The van der Waals surface area contributed by atoms with Gasteiger partial charge < -0.3 is 10.0 Å². The van der Waals surface area contributed by atoms with Gasteiger partial charge in [-0.05, 0) is 38.6 Å². The number of hydrogen-bond donors (Lipinski definition) is 1. The monoisotopic (exact) mass is 318 g/mol. The molecule has 2 aliphatic heterocycles. The maximum atomic E-state index is 12.3. The maximum absolute atomic E-state index is 12.3. The number of carbonyl (C=O) groups is 1. The molecule has 1 aromatic heterocycles. The minimum atomic E-state index is -0.171. The topological polar surface area (TPSA) is 69.6 Å². The number of likely N-dealkylation sites (tertiary alicyclic amines) is 2. The molecule has 6 nitrogen and oxygen atoms in total. The fourth-order valence-corrected chi connectivity index (χ4v) is 3.65. The Labute approximate surface area is 137 Å². The third kappa shape index (κ3) is 4.48. The molecule has 6 heteroatoms. The molecule has 1 unspecified atom stereocenters. The molecule has 0 radical (unpaired) electrons. The number of aliphatic hydroxyl groups excluding tert-OH is 1. The van der Waals surface area contributed by atoms with E-state index in [1.165, 1.54) is 0 Å². The number of aryl methyl sites for hydroxylation is 1. The van der Waals surface area contributed by atoms with E-state index < -0.39 is 0 Å². The molecule has 2 fully saturated rings. The number of hydrogen-bond acceptors (Lipinski definition) is 5. The summed E-state index contributed by atoms with van der Waals surface area (Å²) in [4.78, 5) is 25.0. The highest BCUT2D eigenvalue weighted by Crippen LogP contribution is 2.21. The van der Waals surface area contributed by atoms with Crippen LogP contribution in [0.3, 0.4) is 0 Å². The lowest BCUT2D eigenvalue weighted by Crippen LogP contribution is -2.50. The van der Waals surface area contributed by atoms with E-state index in [-0.39, 0.29) is 12.0 Å². The first-order valence-corrected chi connectivity index (χ1v) is 8.67. The van der Waals surface area contributed by atoms with Crippen LogP contribution in [-0.4, -0.2) is 69.1 Å². The summed E-state index contributed by atoms with van der Waals surface area (Å²) in [6, 6.07) is 0.522. The first-order valence-electron chi connectivity index (χ1n) is 8.67. The molecular weight excluding hydrogens is 292 g/mol. The Morgan fingerprint density at radius 1 is 1.22 bits per heavy atom. The molecule has 1 amide bonds. The summed E-state index contributed by atoms with van der Waals surface area (Å²) in [5, 5.41) is 9.81. The standard InChI is InChI=1S/C17H26N4O2/c22-16-2-1-9-21(13-16)15-5-10-20(11-6-15)17(23)4-3-14-12-18-7-8-19-14/h7-8,12,15-16,22H,1-6,9-11,13H2. The minimum absolute atomic E-state index is 0.171. The van der Waals surface area contributed by atoms with Crippen molar-refractivity contribution in [1.82, 2.24) is 19.8 Å². The molecule has 126 valence electrons. The quantitative estimate of drug-likeness (QED) is 0.891. The van der Waals surface area contributed by atoms with Crippen LogP contribution in [0.5, 0.6) is 0 Å². The van der Waals surface area contributed by atoms with Crippen molar-refractivity contribution >= 4 is 5.91 Å². The van der Waals surface area contributed by atoms with E-state index >= 15 is 0 Å². The molecule has 0 saturated carbocycles. The molecule has 0 aromatic carbocycles. The molecule has 2 saturated heterocycles. The van der Waals surface area contributed by atoms with Gasteiger partial charge in [0.25, 0.3) is 0 Å². The van der Waals surface area contributed by atoms with E-state index in [0.29, 0.717) is 18.9 Å². The molecule has 3 heterocycles. The highest BCUT2D eigenvalue weighted by atomic mass is 16.3. The van der Waals surface area contributed by atoms with Gasteiger partial charge in [-0.1, -0.05) is 0 Å². The predicted octanol–water partition coefficient (Wildman–Crippen LogP) is 0.857. The number of aliphatic hydroxyl groups is 1. The first-order chi connectivity index (χ1) is 11.2. The van der Waals surface area contributed by atoms with E-state index in [2.05, 4.69) is 14.9 Å². The summed E-state index contributed by atoms with van der Waals surface area (Å²) in [5.74, 6) is 0.216. The van der Waals surface area contributed by atoms with E-state index in [9.17, 15) is 9.90 Å². The Bertz CT molecular complexity index is 503. The first kappa shape index (κ1) is 16.3. The SMILES string of the molecule is O=C(CCc1cnccn1)N1CCC(N2CCCC(O)C2)CC1. The van der Waals surface area contributed by atoms with Gasteiger partial charge in [0, 0.05) is 50.7 Å². The highest BCUT2D eigenvalue weighted by molar-refractivity contribution is 5.76. The second-order valence-corrected chi connectivity index (χ2v) is 6.60. The van der Waals surface area contributed by atoms with Crippen LogP contribution in [0.4, 0.5) is 0 Å². The van der Waals surface area contributed by atoms with E-state index in [0.717, 1.165) is 57.6 Å². The third-order valence-corrected chi connectivity index (χ3v) is 4.97. The van der Waals surface area contributed by atoms with Crippen molar-refractivity contribution < 1.29 is 9.90 Å². The Balaban J connectivity index is 1.42. The van der Waals surface area contributed by atoms with Crippen LogP contribution in [0.15, 0.2) is 18.6 Å². The van der Waals surface area contributed by atoms with E-state index in [1.807, 2.05) is 4.90 Å². The molecule has 0 aliphatic carbocycles. The normalized spacial score (nSPS) is 23.9. The largest absolute Gasteiger partial charge is 0.392 e. The number of amides is 1. The number of rotatable bonds is 4. The second-order valence-electron chi connectivity index (χ2n) is 6.60. The molecule has 1 atom stereocenters. The van der Waals surface area contributed by atoms with Crippen LogP contribution in [0.2, 0.25) is 0 Å². The van der Waals surface area contributed by atoms with Gasteiger partial charge in [0.2, 0.25) is 5.91 Å². The zero-order valence-electron chi connectivity index (χ0n) is 13.6. The summed E-state index contributed by atoms with van der Waals surface area (Å²) < 4.78 is 0. The average Bonchev–Trinajstić information content (AvgIpc) is 2.61. The van der Waals surface area contributed by atoms with Crippen molar-refractivity contribution in [3.8, 4) is 0 Å². The van der Waals surface area contributed by atoms with Crippen LogP contribution >= 0.6 is 0 Å². The zero-order chi connectivity index (χ0) is 16.1. The third-order valence-electron chi connectivity index (χ3n) is 4.97. The number of aromatic nitrogens is 2. The van der Waals surface area contributed by atoms with Crippen LogP contribution in [0, 0.1) is 0 Å². The summed E-state index contributed by atoms with van der Waals surface area (Å²) in [5.41, 5.74) is 0.873. The van der Waals surface area contributed by atoms with Gasteiger partial charge in [-0.3, -0.25) is 19.7 Å². The van der Waals surface area contributed by atoms with Gasteiger partial charge in [0.1, 0.15) is 0 Å². The van der Waals surface area contributed by atoms with Gasteiger partial charge in [0.05, 0.1) is 11.8 Å². The van der Waals surface area contributed by atoms with Crippen molar-refractivity contribution in [2.24, 2.45) is 0 Å². The van der Waals surface area contributed by atoms with E-state index in [1.54, 1.807) is 18.6 Å². The minimum Gasteiger partial charge on any atom is -0.392 e. The van der Waals surface area contributed by atoms with Crippen LogP contribution < -0.4 is 0 Å². The fraction of sp³-hybridized carbons (Fsp3) is 0.706. The van der Waals surface area contributed by atoms with Gasteiger partial charge in [-0.25, -0.2) is 0 Å². The molecule has 0 bridgehead atoms. The van der Waals surface area contributed by atoms with Crippen LogP contribution in [0.25, 0.3) is 0 Å². The highest BCUT2D eigenvalue weighted by Gasteiger charge is 2.29. The van der Waals surface area contributed by atoms with Gasteiger partial charge in [-0.15, -0.1) is 0 Å². The lowest BCUT2D eigenvalue weighted by atomic mass is 9.98. The van der Waals surface area contributed by atoms with Crippen molar-refractivity contribution in [2.45, 2.75) is 50.7 Å². The van der Waals surface area contributed by atoms with Crippen molar-refractivity contribution in [2.75, 3.05) is 26.2 Å². The number of β-amino-alcohol motifs (C(OH)–C–C–N with tert-alkyl or cyclic N) is 1. The molecular formula is C17H26N4O2. The summed E-state index contributed by atoms with van der Waals surface area (Å²) >= 11 is 0. The van der Waals surface area contributed by atoms with Crippen LogP contribution in [0.1, 0.15) is 37.8 Å². The smallest absolute Gasteiger partial charge is 0.222 e. The average molecular weight is 318 g/mol. The maximum Gasteiger partial charge on any atom is 0.222 e. The van der Waals surface area contributed by atoms with Crippen molar-refractivity contribution in [3.05, 3.63) is 24.3 Å². The summed E-state index contributed by atoms with van der Waals surface area (Å²) in [6.45, 7) is 3.54. The molecule has 3 rings (SSSR count). The molecule has 23 heavy (non-hydrogen) atoms. The van der Waals surface area contributed by atoms with Crippen LogP contribution in [-0.2, 0) is 11.2 Å². The number of carbonyl (C=O) groups excluding carboxylic acids is 1. The Morgan fingerprint density at radius 2 is 2.04 bits per heavy atom. The number of nitrogens with zero attached hydrogens (tertiary/aromatic N) is 4. The van der Waals surface area contributed by atoms with Gasteiger partial charge in [0.15, 0.2) is 0 Å². The van der Waals surface area contributed by atoms with E-state index in [4.69, 9.17) is 0 Å². The molecule has 0 spiro atoms. The zero-order valence-corrected chi connectivity index (χ0v) is 13.6. The summed E-state index contributed by atoms with van der Waals surface area (Å²) in [6.07, 6.45) is 10.1. The molecule has 1 aromatic rings. The molecule has 2 aliphatic rings. The Morgan fingerprint density at radius 3 is 2.74 bits per heavy atom. The summed E-state index contributed by atoms with van der Waals surface area (Å²) in [7, 11) is 0. The second kappa shape index (κ2) is 7.84. The lowest BCUT2D eigenvalue weighted by molar-refractivity contribution is -0.133. The van der Waals surface area contributed by atoms with Gasteiger partial charge in [-0.2, -0.15) is 0 Å². The Hall–Kier alpha value is -1.53. The molecule has 1 N–H and O–H groups in total. The van der Waals surface area contributed by atoms with Crippen molar-refractivity contribution in [1.29, 1.82) is 0 Å². The Kier molecular flexibility index (Phi) is 5.56.